The van der Waals surface area contributed by atoms with E-state index in [-0.39, 0.29) is 13.3 Å². The van der Waals surface area contributed by atoms with Crippen molar-refractivity contribution in [2.75, 3.05) is 13.3 Å². The number of hydrogen-bond donors (Lipinski definition) is 6. The fourth-order valence-electron chi connectivity index (χ4n) is 2.62. The summed E-state index contributed by atoms with van der Waals surface area (Å²) in [6, 6.07) is 0. The highest BCUT2D eigenvalue weighted by atomic mass is 127. The standard InChI is InChI=1S/C10H17IN6O4/c11-9(20)7-8(15-10(12,13)16-9)17(3-14-7)6-1-4(19)5(2-18)21-6/h4-6,16,18-20H,1-3,12-13H2/t4-,5+,6+,9-/m0/s1. The van der Waals surface area contributed by atoms with Gasteiger partial charge in [-0.05, 0) is 22.6 Å². The lowest BCUT2D eigenvalue weighted by atomic mass is 10.1. The quantitative estimate of drug-likeness (QED) is 0.120. The van der Waals surface area contributed by atoms with Gasteiger partial charge in [0.25, 0.3) is 0 Å². The fraction of sp³-hybridized carbons (Fsp3) is 0.800. The molecular formula is C10H17IN6O4. The van der Waals surface area contributed by atoms with Gasteiger partial charge in [-0.2, -0.15) is 0 Å². The number of hydrogen-bond acceptors (Lipinski definition) is 10. The van der Waals surface area contributed by atoms with E-state index in [0.717, 1.165) is 0 Å². The fourth-order valence-corrected chi connectivity index (χ4v) is 3.46. The molecule has 3 heterocycles. The van der Waals surface area contributed by atoms with Crippen LogP contribution in [-0.2, 0) is 4.74 Å². The molecule has 0 aromatic heterocycles. The zero-order valence-electron chi connectivity index (χ0n) is 11.0. The monoisotopic (exact) mass is 412 g/mol. The summed E-state index contributed by atoms with van der Waals surface area (Å²) in [7, 11) is 0. The molecule has 21 heavy (non-hydrogen) atoms. The Bertz CT molecular complexity index is 510. The number of nitrogens with one attached hydrogen (secondary N) is 1. The molecule has 0 spiro atoms. The molecule has 0 aromatic rings. The van der Waals surface area contributed by atoms with E-state index in [4.69, 9.17) is 21.3 Å². The number of alkyl halides is 1. The van der Waals surface area contributed by atoms with Gasteiger partial charge in [0.2, 0.25) is 9.64 Å². The van der Waals surface area contributed by atoms with Gasteiger partial charge in [0.05, 0.1) is 12.7 Å². The number of rotatable bonds is 2. The van der Waals surface area contributed by atoms with Crippen LogP contribution in [0, 0.1) is 0 Å². The topological polar surface area (TPSA) is 162 Å². The largest absolute Gasteiger partial charge is 0.394 e. The van der Waals surface area contributed by atoms with Gasteiger partial charge in [-0.25, -0.2) is 10.3 Å². The molecule has 0 amide bonds. The van der Waals surface area contributed by atoms with Crippen molar-refractivity contribution in [3.63, 3.8) is 0 Å². The first kappa shape index (κ1) is 15.5. The van der Waals surface area contributed by atoms with Crippen LogP contribution in [0.1, 0.15) is 6.42 Å². The van der Waals surface area contributed by atoms with E-state index >= 15 is 0 Å². The second-order valence-electron chi connectivity index (χ2n) is 5.24. The molecule has 3 aliphatic rings. The third-order valence-electron chi connectivity index (χ3n) is 3.57. The number of aliphatic hydroxyl groups excluding tert-OH is 2. The SMILES string of the molecule is NC1(N)N=C2C(=NCN2[C@H]2C[C@H](O)[C@@H](CO)O2)[C@](O)(I)N1. The van der Waals surface area contributed by atoms with Crippen LogP contribution < -0.4 is 16.8 Å². The van der Waals surface area contributed by atoms with Crippen molar-refractivity contribution in [2.24, 2.45) is 21.5 Å². The molecule has 3 rings (SSSR count). The Morgan fingerprint density at radius 2 is 2.24 bits per heavy atom. The Morgan fingerprint density at radius 3 is 2.86 bits per heavy atom. The molecule has 8 N–H and O–H groups in total. The maximum atomic E-state index is 10.3. The molecule has 0 bridgehead atoms. The normalized spacial score (nSPS) is 41.8. The molecule has 11 heteroatoms. The first-order valence-corrected chi connectivity index (χ1v) is 7.46. The van der Waals surface area contributed by atoms with Crippen LogP contribution in [0.2, 0.25) is 0 Å². The molecule has 0 radical (unpaired) electrons. The molecule has 1 fully saturated rings. The molecular weight excluding hydrogens is 395 g/mol. The number of nitrogens with zero attached hydrogens (tertiary/aromatic N) is 3. The van der Waals surface area contributed by atoms with Crippen molar-refractivity contribution in [3.05, 3.63) is 0 Å². The van der Waals surface area contributed by atoms with E-state index in [2.05, 4.69) is 15.3 Å². The van der Waals surface area contributed by atoms with Crippen molar-refractivity contribution < 1.29 is 20.1 Å². The summed E-state index contributed by atoms with van der Waals surface area (Å²) in [4.78, 5) is 10.0. The summed E-state index contributed by atoms with van der Waals surface area (Å²) in [6.45, 7) is -0.0754. The number of fused-ring (bicyclic) bond motifs is 1. The highest BCUT2D eigenvalue weighted by Gasteiger charge is 2.50. The summed E-state index contributed by atoms with van der Waals surface area (Å²) < 4.78 is 4.04. The minimum atomic E-state index is -1.64. The summed E-state index contributed by atoms with van der Waals surface area (Å²) in [5.74, 6) is -1.31. The lowest BCUT2D eigenvalue weighted by molar-refractivity contribution is -0.0563. The number of nitrogens with two attached hydrogens (primary N) is 2. The van der Waals surface area contributed by atoms with E-state index in [1.165, 1.54) is 0 Å². The van der Waals surface area contributed by atoms with Gasteiger partial charge < -0.3 is 25.0 Å². The Hall–Kier alpha value is -0.410. The van der Waals surface area contributed by atoms with Gasteiger partial charge in [0.15, 0.2) is 5.84 Å². The molecule has 0 saturated carbocycles. The van der Waals surface area contributed by atoms with Crippen LogP contribution in [0.3, 0.4) is 0 Å². The average Bonchev–Trinajstić information content (AvgIpc) is 2.90. The zero-order chi connectivity index (χ0) is 15.4. The third-order valence-corrected chi connectivity index (χ3v) is 4.35. The van der Waals surface area contributed by atoms with Crippen molar-refractivity contribution in [2.45, 2.75) is 34.5 Å². The smallest absolute Gasteiger partial charge is 0.223 e. The minimum Gasteiger partial charge on any atom is -0.394 e. The number of halogens is 1. The van der Waals surface area contributed by atoms with E-state index < -0.39 is 28.1 Å². The summed E-state index contributed by atoms with van der Waals surface area (Å²) in [5, 5.41) is 31.9. The minimum absolute atomic E-state index is 0.201. The van der Waals surface area contributed by atoms with Gasteiger partial charge in [-0.3, -0.25) is 16.5 Å². The molecule has 0 aliphatic carbocycles. The van der Waals surface area contributed by atoms with Gasteiger partial charge in [0.1, 0.15) is 24.7 Å². The molecule has 0 unspecified atom stereocenters. The lowest BCUT2D eigenvalue weighted by Crippen LogP contribution is -2.72. The van der Waals surface area contributed by atoms with E-state index in [9.17, 15) is 10.2 Å². The van der Waals surface area contributed by atoms with Gasteiger partial charge in [-0.1, -0.05) is 0 Å². The molecule has 10 nitrogen and oxygen atoms in total. The predicted molar refractivity (Wildman–Crippen MR) is 81.2 cm³/mol. The van der Waals surface area contributed by atoms with Crippen LogP contribution >= 0.6 is 22.6 Å². The van der Waals surface area contributed by atoms with Crippen LogP contribution in [0.15, 0.2) is 9.98 Å². The van der Waals surface area contributed by atoms with Crippen LogP contribution in [-0.4, -0.2) is 73.1 Å². The summed E-state index contributed by atoms with van der Waals surface area (Å²) in [6.07, 6.45) is -1.65. The zero-order valence-corrected chi connectivity index (χ0v) is 13.1. The predicted octanol–water partition coefficient (Wildman–Crippen LogP) is -3.22. The van der Waals surface area contributed by atoms with Gasteiger partial charge in [-0.15, -0.1) is 0 Å². The van der Waals surface area contributed by atoms with E-state index in [1.54, 1.807) is 27.5 Å². The molecule has 1 saturated heterocycles. The number of amidine groups is 1. The lowest BCUT2D eigenvalue weighted by Gasteiger charge is -2.38. The van der Waals surface area contributed by atoms with Gasteiger partial charge in [0, 0.05) is 6.42 Å². The highest BCUT2D eigenvalue weighted by molar-refractivity contribution is 14.1. The Balaban J connectivity index is 1.87. The first-order valence-electron chi connectivity index (χ1n) is 6.38. The number of aliphatic hydroxyl groups is 3. The Labute approximate surface area is 134 Å². The van der Waals surface area contributed by atoms with Crippen LogP contribution in [0.4, 0.5) is 0 Å². The average molecular weight is 412 g/mol. The second-order valence-corrected chi connectivity index (χ2v) is 6.80. The van der Waals surface area contributed by atoms with Crippen molar-refractivity contribution in [1.29, 1.82) is 0 Å². The van der Waals surface area contributed by atoms with Crippen LogP contribution in [0.25, 0.3) is 0 Å². The molecule has 0 aromatic carbocycles. The van der Waals surface area contributed by atoms with Crippen molar-refractivity contribution >= 4 is 34.1 Å². The Kier molecular flexibility index (Phi) is 3.73. The van der Waals surface area contributed by atoms with Crippen molar-refractivity contribution in [3.8, 4) is 0 Å². The van der Waals surface area contributed by atoms with E-state index in [1.807, 2.05) is 0 Å². The summed E-state index contributed by atoms with van der Waals surface area (Å²) >= 11 is 1.74. The molecule has 118 valence electrons. The van der Waals surface area contributed by atoms with E-state index in [0.29, 0.717) is 18.0 Å². The third kappa shape index (κ3) is 2.68. The number of ether oxygens (including phenoxy) is 1. The van der Waals surface area contributed by atoms with Gasteiger partial charge >= 0.3 is 0 Å². The van der Waals surface area contributed by atoms with Crippen LogP contribution in [0.5, 0.6) is 0 Å². The molecule has 4 atom stereocenters. The first-order chi connectivity index (χ1) is 9.73. The maximum Gasteiger partial charge on any atom is 0.223 e. The van der Waals surface area contributed by atoms with Crippen molar-refractivity contribution in [1.82, 2.24) is 10.2 Å². The maximum absolute atomic E-state index is 10.3. The molecule has 3 aliphatic heterocycles. The highest BCUT2D eigenvalue weighted by Crippen LogP contribution is 2.31. The number of aliphatic imine (C=N–C) groups is 2. The summed E-state index contributed by atoms with van der Waals surface area (Å²) in [5.41, 5.74) is 11.8. The second kappa shape index (κ2) is 5.06. The Morgan fingerprint density at radius 1 is 1.52 bits per heavy atom.